The van der Waals surface area contributed by atoms with Gasteiger partial charge in [0, 0.05) is 37.6 Å². The number of likely N-dealkylation sites (tertiary alicyclic amines) is 1. The van der Waals surface area contributed by atoms with Gasteiger partial charge in [0.1, 0.15) is 0 Å². The fourth-order valence-electron chi connectivity index (χ4n) is 3.29. The number of carbonyl (C=O) groups is 2. The van der Waals surface area contributed by atoms with Gasteiger partial charge in [-0.05, 0) is 43.9 Å². The first-order chi connectivity index (χ1) is 11.1. The van der Waals surface area contributed by atoms with Crippen molar-refractivity contribution in [3.8, 4) is 0 Å². The van der Waals surface area contributed by atoms with Crippen molar-refractivity contribution >= 4 is 23.4 Å². The predicted octanol–water partition coefficient (Wildman–Crippen LogP) is 2.62. The number of piperidine rings is 1. The highest BCUT2D eigenvalue weighted by atomic mass is 16.4. The van der Waals surface area contributed by atoms with Crippen molar-refractivity contribution < 1.29 is 14.7 Å². The zero-order valence-corrected chi connectivity index (χ0v) is 13.2. The van der Waals surface area contributed by atoms with Crippen molar-refractivity contribution in [2.75, 3.05) is 36.4 Å². The van der Waals surface area contributed by atoms with E-state index in [2.05, 4.69) is 16.3 Å². The second kappa shape index (κ2) is 6.89. The van der Waals surface area contributed by atoms with Crippen LogP contribution < -0.4 is 10.2 Å². The van der Waals surface area contributed by atoms with Crippen molar-refractivity contribution in [3.63, 3.8) is 0 Å². The monoisotopic (exact) mass is 317 g/mol. The number of hydrogen-bond acceptors (Lipinski definition) is 3. The van der Waals surface area contributed by atoms with Crippen LogP contribution in [0.1, 0.15) is 25.7 Å². The predicted molar refractivity (Wildman–Crippen MR) is 88.8 cm³/mol. The molecule has 0 aromatic heterocycles. The average Bonchev–Trinajstić information content (AvgIpc) is 3.10. The summed E-state index contributed by atoms with van der Waals surface area (Å²) in [6.07, 6.45) is 3.48. The molecule has 2 aliphatic rings. The molecule has 1 aromatic rings. The highest BCUT2D eigenvalue weighted by Crippen LogP contribution is 2.24. The third kappa shape index (κ3) is 3.75. The summed E-state index contributed by atoms with van der Waals surface area (Å²) in [7, 11) is 0. The Bertz CT molecular complexity index is 576. The number of hydrogen-bond donors (Lipinski definition) is 2. The maximum Gasteiger partial charge on any atom is 0.321 e. The number of amides is 2. The number of urea groups is 1. The van der Waals surface area contributed by atoms with Crippen molar-refractivity contribution in [2.24, 2.45) is 5.92 Å². The Balaban J connectivity index is 1.58. The maximum atomic E-state index is 12.3. The van der Waals surface area contributed by atoms with E-state index in [1.165, 1.54) is 12.8 Å². The van der Waals surface area contributed by atoms with Gasteiger partial charge in [-0.2, -0.15) is 0 Å². The number of anilines is 2. The summed E-state index contributed by atoms with van der Waals surface area (Å²) in [4.78, 5) is 27.3. The van der Waals surface area contributed by atoms with Crippen LogP contribution in [0.4, 0.5) is 16.2 Å². The Labute approximate surface area is 136 Å². The van der Waals surface area contributed by atoms with Gasteiger partial charge in [-0.3, -0.25) is 4.79 Å². The molecule has 0 aliphatic carbocycles. The van der Waals surface area contributed by atoms with Crippen molar-refractivity contribution in [1.29, 1.82) is 0 Å². The number of carboxylic acid groups (broad SMARTS) is 1. The number of nitrogens with one attached hydrogen (secondary N) is 1. The minimum absolute atomic E-state index is 0.146. The van der Waals surface area contributed by atoms with Crippen LogP contribution >= 0.6 is 0 Å². The largest absolute Gasteiger partial charge is 0.481 e. The summed E-state index contributed by atoms with van der Waals surface area (Å²) in [6, 6.07) is 7.78. The quantitative estimate of drug-likeness (QED) is 0.899. The molecule has 23 heavy (non-hydrogen) atoms. The number of carbonyl (C=O) groups excluding carboxylic acids is 1. The topological polar surface area (TPSA) is 72.9 Å². The Kier molecular flexibility index (Phi) is 4.69. The van der Waals surface area contributed by atoms with Gasteiger partial charge in [-0.15, -0.1) is 0 Å². The van der Waals surface area contributed by atoms with E-state index in [0.29, 0.717) is 25.9 Å². The first kappa shape index (κ1) is 15.6. The summed E-state index contributed by atoms with van der Waals surface area (Å²) in [5, 5.41) is 11.9. The van der Waals surface area contributed by atoms with Crippen LogP contribution in [0.2, 0.25) is 0 Å². The number of rotatable bonds is 3. The van der Waals surface area contributed by atoms with Crippen LogP contribution in [0.3, 0.4) is 0 Å². The molecular formula is C17H23N3O3. The van der Waals surface area contributed by atoms with E-state index in [1.807, 2.05) is 18.2 Å². The summed E-state index contributed by atoms with van der Waals surface area (Å²) < 4.78 is 0. The molecular weight excluding hydrogens is 294 g/mol. The van der Waals surface area contributed by atoms with Crippen LogP contribution in [0.15, 0.2) is 24.3 Å². The standard InChI is InChI=1S/C17H23N3O3/c21-16(22)13-6-10-20(11-7-13)17(23)18-14-4-3-5-15(12-14)19-8-1-2-9-19/h3-5,12-13H,1-2,6-11H2,(H,18,23)(H,21,22). The first-order valence-corrected chi connectivity index (χ1v) is 8.27. The van der Waals surface area contributed by atoms with Gasteiger partial charge >= 0.3 is 12.0 Å². The highest BCUT2D eigenvalue weighted by molar-refractivity contribution is 5.90. The number of benzene rings is 1. The van der Waals surface area contributed by atoms with E-state index in [-0.39, 0.29) is 11.9 Å². The zero-order valence-electron chi connectivity index (χ0n) is 13.2. The zero-order chi connectivity index (χ0) is 16.2. The van der Waals surface area contributed by atoms with Gasteiger partial charge in [0.25, 0.3) is 0 Å². The molecule has 2 N–H and O–H groups in total. The second-order valence-corrected chi connectivity index (χ2v) is 6.27. The fourth-order valence-corrected chi connectivity index (χ4v) is 3.29. The third-order valence-electron chi connectivity index (χ3n) is 4.70. The summed E-state index contributed by atoms with van der Waals surface area (Å²) >= 11 is 0. The second-order valence-electron chi connectivity index (χ2n) is 6.27. The van der Waals surface area contributed by atoms with Gasteiger partial charge in [0.2, 0.25) is 0 Å². The molecule has 6 nitrogen and oxygen atoms in total. The fraction of sp³-hybridized carbons (Fsp3) is 0.529. The van der Waals surface area contributed by atoms with E-state index in [0.717, 1.165) is 24.5 Å². The molecule has 6 heteroatoms. The lowest BCUT2D eigenvalue weighted by Gasteiger charge is -2.30. The summed E-state index contributed by atoms with van der Waals surface area (Å²) in [5.41, 5.74) is 1.93. The van der Waals surface area contributed by atoms with Crippen molar-refractivity contribution in [2.45, 2.75) is 25.7 Å². The number of carboxylic acids is 1. The van der Waals surface area contributed by atoms with Crippen LogP contribution in [0.5, 0.6) is 0 Å². The molecule has 124 valence electrons. The molecule has 0 saturated carbocycles. The maximum absolute atomic E-state index is 12.3. The van der Waals surface area contributed by atoms with E-state index in [9.17, 15) is 9.59 Å². The van der Waals surface area contributed by atoms with Gasteiger partial charge in [0.05, 0.1) is 5.92 Å². The molecule has 1 aromatic carbocycles. The molecule has 0 unspecified atom stereocenters. The number of aliphatic carboxylic acids is 1. The molecule has 2 saturated heterocycles. The van der Waals surface area contributed by atoms with Crippen LogP contribution in [-0.4, -0.2) is 48.2 Å². The lowest BCUT2D eigenvalue weighted by Crippen LogP contribution is -2.42. The first-order valence-electron chi connectivity index (χ1n) is 8.27. The molecule has 3 rings (SSSR count). The average molecular weight is 317 g/mol. The molecule has 0 atom stereocenters. The van der Waals surface area contributed by atoms with Crippen LogP contribution in [-0.2, 0) is 4.79 Å². The van der Waals surface area contributed by atoms with Crippen molar-refractivity contribution in [1.82, 2.24) is 4.90 Å². The Morgan fingerprint density at radius 3 is 2.43 bits per heavy atom. The van der Waals surface area contributed by atoms with Gasteiger partial charge < -0.3 is 20.2 Å². The minimum Gasteiger partial charge on any atom is -0.481 e. The van der Waals surface area contributed by atoms with E-state index < -0.39 is 5.97 Å². The van der Waals surface area contributed by atoms with E-state index >= 15 is 0 Å². The van der Waals surface area contributed by atoms with Crippen LogP contribution in [0.25, 0.3) is 0 Å². The number of nitrogens with zero attached hydrogens (tertiary/aromatic N) is 2. The van der Waals surface area contributed by atoms with Gasteiger partial charge in [0.15, 0.2) is 0 Å². The molecule has 2 aliphatic heterocycles. The van der Waals surface area contributed by atoms with Gasteiger partial charge in [-0.1, -0.05) is 6.07 Å². The minimum atomic E-state index is -0.761. The van der Waals surface area contributed by atoms with E-state index in [1.54, 1.807) is 4.90 Å². The molecule has 0 bridgehead atoms. The van der Waals surface area contributed by atoms with Crippen LogP contribution in [0, 0.1) is 5.92 Å². The van der Waals surface area contributed by atoms with E-state index in [4.69, 9.17) is 5.11 Å². The Hall–Kier alpha value is -2.24. The van der Waals surface area contributed by atoms with Gasteiger partial charge in [-0.25, -0.2) is 4.79 Å². The third-order valence-corrected chi connectivity index (χ3v) is 4.70. The normalized spacial score (nSPS) is 19.0. The van der Waals surface area contributed by atoms with Crippen molar-refractivity contribution in [3.05, 3.63) is 24.3 Å². The molecule has 0 radical (unpaired) electrons. The Morgan fingerprint density at radius 2 is 1.78 bits per heavy atom. The lowest BCUT2D eigenvalue weighted by atomic mass is 9.97. The molecule has 2 fully saturated rings. The Morgan fingerprint density at radius 1 is 1.09 bits per heavy atom. The smallest absolute Gasteiger partial charge is 0.321 e. The summed E-state index contributed by atoms with van der Waals surface area (Å²) in [5.74, 6) is -1.08. The SMILES string of the molecule is O=C(O)C1CCN(C(=O)Nc2cccc(N3CCCC3)c2)CC1. The highest BCUT2D eigenvalue weighted by Gasteiger charge is 2.27. The molecule has 0 spiro atoms. The lowest BCUT2D eigenvalue weighted by molar-refractivity contribution is -0.143. The molecule has 2 heterocycles. The summed E-state index contributed by atoms with van der Waals surface area (Å²) in [6.45, 7) is 3.13. The molecule has 2 amide bonds.